The summed E-state index contributed by atoms with van der Waals surface area (Å²) in [6.07, 6.45) is 2.27. The molecule has 0 saturated heterocycles. The number of ether oxygens (including phenoxy) is 1. The third-order valence-electron chi connectivity index (χ3n) is 5.48. The fourth-order valence-electron chi connectivity index (χ4n) is 3.88. The molecule has 0 N–H and O–H groups in total. The van der Waals surface area contributed by atoms with Gasteiger partial charge in [0, 0.05) is 11.4 Å². The maximum atomic E-state index is 13.2. The molecule has 6 nitrogen and oxygen atoms in total. The van der Waals surface area contributed by atoms with Crippen molar-refractivity contribution in [3.05, 3.63) is 93.3 Å². The van der Waals surface area contributed by atoms with Crippen LogP contribution in [0.15, 0.2) is 71.8 Å². The summed E-state index contributed by atoms with van der Waals surface area (Å²) in [5.74, 6) is 0.625. The standard InChI is InChI=1S/C24H21N3O3S/c28-21(15-30-18-9-5-2-6-10-18)26-12-11-19-20(14-26)31-23-22(19)24(29)27(16-25-23)13-17-7-3-1-4-8-17/h1-10,16H,11-15H2. The van der Waals surface area contributed by atoms with Gasteiger partial charge in [-0.25, -0.2) is 4.98 Å². The number of fused-ring (bicyclic) bond motifs is 3. The molecule has 7 heteroatoms. The van der Waals surface area contributed by atoms with Gasteiger partial charge in [0.2, 0.25) is 0 Å². The molecule has 0 radical (unpaired) electrons. The molecule has 1 amide bonds. The minimum atomic E-state index is -0.0543. The summed E-state index contributed by atoms with van der Waals surface area (Å²) in [6.45, 7) is 1.56. The monoisotopic (exact) mass is 431 g/mol. The lowest BCUT2D eigenvalue weighted by Gasteiger charge is -2.27. The van der Waals surface area contributed by atoms with Crippen LogP contribution in [0.1, 0.15) is 16.0 Å². The van der Waals surface area contributed by atoms with Crippen molar-refractivity contribution in [2.75, 3.05) is 13.2 Å². The summed E-state index contributed by atoms with van der Waals surface area (Å²) in [7, 11) is 0. The first-order valence-corrected chi connectivity index (χ1v) is 11.0. The topological polar surface area (TPSA) is 64.4 Å². The second kappa shape index (κ2) is 8.35. The fourth-order valence-corrected chi connectivity index (χ4v) is 5.07. The van der Waals surface area contributed by atoms with Gasteiger partial charge in [-0.05, 0) is 29.7 Å². The second-order valence-electron chi connectivity index (χ2n) is 7.51. The van der Waals surface area contributed by atoms with Crippen LogP contribution >= 0.6 is 11.3 Å². The van der Waals surface area contributed by atoms with E-state index in [0.717, 1.165) is 20.8 Å². The Morgan fingerprint density at radius 1 is 1.06 bits per heavy atom. The predicted molar refractivity (Wildman–Crippen MR) is 120 cm³/mol. The zero-order valence-corrected chi connectivity index (χ0v) is 17.7. The molecule has 1 aliphatic rings. The third-order valence-corrected chi connectivity index (χ3v) is 6.61. The molecule has 0 unspecified atom stereocenters. The smallest absolute Gasteiger partial charge is 0.262 e. The van der Waals surface area contributed by atoms with E-state index in [9.17, 15) is 9.59 Å². The van der Waals surface area contributed by atoms with Gasteiger partial charge in [-0.15, -0.1) is 11.3 Å². The van der Waals surface area contributed by atoms with Crippen LogP contribution in [0.4, 0.5) is 0 Å². The zero-order valence-electron chi connectivity index (χ0n) is 16.9. The number of rotatable bonds is 5. The molecule has 0 aliphatic carbocycles. The molecule has 0 saturated carbocycles. The number of carbonyl (C=O) groups excluding carboxylic acids is 1. The molecule has 31 heavy (non-hydrogen) atoms. The van der Waals surface area contributed by atoms with Crippen molar-refractivity contribution in [3.8, 4) is 5.75 Å². The van der Waals surface area contributed by atoms with Crippen LogP contribution in [0.5, 0.6) is 5.75 Å². The van der Waals surface area contributed by atoms with Gasteiger partial charge in [-0.3, -0.25) is 14.2 Å². The molecule has 156 valence electrons. The largest absolute Gasteiger partial charge is 0.484 e. The van der Waals surface area contributed by atoms with Crippen LogP contribution < -0.4 is 10.3 Å². The van der Waals surface area contributed by atoms with E-state index in [0.29, 0.717) is 37.2 Å². The molecule has 4 aromatic rings. The molecule has 1 aliphatic heterocycles. The Balaban J connectivity index is 1.35. The number of thiophene rings is 1. The van der Waals surface area contributed by atoms with Crippen LogP contribution in [0.25, 0.3) is 10.2 Å². The quantitative estimate of drug-likeness (QED) is 0.485. The highest BCUT2D eigenvalue weighted by molar-refractivity contribution is 7.18. The minimum Gasteiger partial charge on any atom is -0.484 e. The van der Waals surface area contributed by atoms with E-state index in [1.165, 1.54) is 11.3 Å². The van der Waals surface area contributed by atoms with Crippen molar-refractivity contribution in [3.63, 3.8) is 0 Å². The Morgan fingerprint density at radius 2 is 1.81 bits per heavy atom. The third kappa shape index (κ3) is 3.96. The number of hydrogen-bond acceptors (Lipinski definition) is 5. The lowest BCUT2D eigenvalue weighted by molar-refractivity contribution is -0.134. The number of nitrogens with zero attached hydrogens (tertiary/aromatic N) is 3. The molecule has 0 spiro atoms. The average molecular weight is 432 g/mol. The number of carbonyl (C=O) groups is 1. The fraction of sp³-hybridized carbons (Fsp3) is 0.208. The van der Waals surface area contributed by atoms with Crippen LogP contribution in [0, 0.1) is 0 Å². The van der Waals surface area contributed by atoms with Gasteiger partial charge in [0.05, 0.1) is 24.8 Å². The summed E-state index contributed by atoms with van der Waals surface area (Å²) in [4.78, 5) is 33.9. The molecule has 5 rings (SSSR count). The van der Waals surface area contributed by atoms with E-state index in [4.69, 9.17) is 4.74 Å². The zero-order chi connectivity index (χ0) is 21.2. The van der Waals surface area contributed by atoms with Gasteiger partial charge in [0.15, 0.2) is 6.61 Å². The summed E-state index contributed by atoms with van der Waals surface area (Å²) < 4.78 is 7.27. The van der Waals surface area contributed by atoms with Crippen LogP contribution in [0.2, 0.25) is 0 Å². The Morgan fingerprint density at radius 3 is 2.58 bits per heavy atom. The number of aromatic nitrogens is 2. The molecular formula is C24H21N3O3S. The summed E-state index contributed by atoms with van der Waals surface area (Å²) in [5.41, 5.74) is 2.08. The Bertz CT molecular complexity index is 1280. The summed E-state index contributed by atoms with van der Waals surface area (Å²) in [6, 6.07) is 19.2. The van der Waals surface area contributed by atoms with Crippen LogP contribution in [0.3, 0.4) is 0 Å². The van der Waals surface area contributed by atoms with E-state index in [1.807, 2.05) is 60.7 Å². The van der Waals surface area contributed by atoms with Crippen molar-refractivity contribution < 1.29 is 9.53 Å². The summed E-state index contributed by atoms with van der Waals surface area (Å²) >= 11 is 1.51. The van der Waals surface area contributed by atoms with Crippen molar-refractivity contribution in [1.82, 2.24) is 14.5 Å². The number of amides is 1. The molecule has 0 fully saturated rings. The molecule has 2 aromatic carbocycles. The van der Waals surface area contributed by atoms with Gasteiger partial charge in [-0.1, -0.05) is 48.5 Å². The highest BCUT2D eigenvalue weighted by atomic mass is 32.1. The molecule has 0 atom stereocenters. The first-order chi connectivity index (χ1) is 15.2. The summed E-state index contributed by atoms with van der Waals surface area (Å²) in [5, 5.41) is 0.700. The second-order valence-corrected chi connectivity index (χ2v) is 8.60. The van der Waals surface area contributed by atoms with E-state index in [-0.39, 0.29) is 18.1 Å². The number of benzene rings is 2. The van der Waals surface area contributed by atoms with E-state index < -0.39 is 0 Å². The van der Waals surface area contributed by atoms with Gasteiger partial charge in [0.1, 0.15) is 10.6 Å². The molecule has 0 bridgehead atoms. The van der Waals surface area contributed by atoms with E-state index in [1.54, 1.807) is 15.8 Å². The Kier molecular flexibility index (Phi) is 5.26. The van der Waals surface area contributed by atoms with Crippen molar-refractivity contribution in [2.24, 2.45) is 0 Å². The predicted octanol–water partition coefficient (Wildman–Crippen LogP) is 3.47. The Hall–Kier alpha value is -3.45. The van der Waals surface area contributed by atoms with Gasteiger partial charge >= 0.3 is 0 Å². The highest BCUT2D eigenvalue weighted by Gasteiger charge is 2.26. The number of hydrogen-bond donors (Lipinski definition) is 0. The minimum absolute atomic E-state index is 0.00632. The lowest BCUT2D eigenvalue weighted by Crippen LogP contribution is -2.38. The number of para-hydroxylation sites is 1. The van der Waals surface area contributed by atoms with Crippen LogP contribution in [-0.4, -0.2) is 33.5 Å². The SMILES string of the molecule is O=C(COc1ccccc1)N1CCc2c(sc3ncn(Cc4ccccc4)c(=O)c23)C1. The molecular weight excluding hydrogens is 410 g/mol. The first kappa shape index (κ1) is 19.5. The van der Waals surface area contributed by atoms with Crippen molar-refractivity contribution >= 4 is 27.5 Å². The maximum Gasteiger partial charge on any atom is 0.262 e. The highest BCUT2D eigenvalue weighted by Crippen LogP contribution is 2.32. The van der Waals surface area contributed by atoms with E-state index >= 15 is 0 Å². The molecule has 3 heterocycles. The maximum absolute atomic E-state index is 13.2. The average Bonchev–Trinajstić information content (AvgIpc) is 3.19. The van der Waals surface area contributed by atoms with Gasteiger partial charge < -0.3 is 9.64 Å². The lowest BCUT2D eigenvalue weighted by atomic mass is 10.1. The Labute approximate surface area is 183 Å². The van der Waals surface area contributed by atoms with Gasteiger partial charge in [-0.2, -0.15) is 0 Å². The van der Waals surface area contributed by atoms with E-state index in [2.05, 4.69) is 4.98 Å². The van der Waals surface area contributed by atoms with Crippen LogP contribution in [-0.2, 0) is 24.3 Å². The first-order valence-electron chi connectivity index (χ1n) is 10.2. The van der Waals surface area contributed by atoms with Crippen molar-refractivity contribution in [1.29, 1.82) is 0 Å². The normalized spacial score (nSPS) is 13.2. The van der Waals surface area contributed by atoms with Crippen molar-refractivity contribution in [2.45, 2.75) is 19.5 Å². The molecule has 2 aromatic heterocycles. The van der Waals surface area contributed by atoms with Gasteiger partial charge in [0.25, 0.3) is 11.5 Å².